The number of rotatable bonds is 5. The molecular weight excluding hydrogens is 234 g/mol. The summed E-state index contributed by atoms with van der Waals surface area (Å²) in [5, 5.41) is 13.4. The fourth-order valence-electron chi connectivity index (χ4n) is 1.49. The van der Waals surface area contributed by atoms with Crippen molar-refractivity contribution in [2.75, 3.05) is 5.32 Å². The third kappa shape index (κ3) is 3.81. The number of nitrogens with two attached hydrogens (primary N) is 1. The van der Waals surface area contributed by atoms with Crippen LogP contribution in [0.15, 0.2) is 18.2 Å². The predicted molar refractivity (Wildman–Crippen MR) is 69.3 cm³/mol. The van der Waals surface area contributed by atoms with Crippen molar-refractivity contribution in [1.29, 1.82) is 0 Å². The smallest absolute Gasteiger partial charge is 0.292 e. The standard InChI is InChI=1S/C12H17N3O3/c1-3-9(13)7-12(16)14-10-6-8(2)4-5-11(10)15(17)18/h4-6,9H,3,7,13H2,1-2H3,(H,14,16). The normalized spacial score (nSPS) is 11.9. The lowest BCUT2D eigenvalue weighted by molar-refractivity contribution is -0.383. The summed E-state index contributed by atoms with van der Waals surface area (Å²) in [5.41, 5.74) is 6.61. The molecule has 0 heterocycles. The number of carbonyl (C=O) groups is 1. The molecule has 1 atom stereocenters. The molecule has 1 amide bonds. The second kappa shape index (κ2) is 6.11. The van der Waals surface area contributed by atoms with Gasteiger partial charge in [-0.3, -0.25) is 14.9 Å². The van der Waals surface area contributed by atoms with Gasteiger partial charge in [-0.1, -0.05) is 13.0 Å². The van der Waals surface area contributed by atoms with Crippen LogP contribution in [0.5, 0.6) is 0 Å². The first-order valence-corrected chi connectivity index (χ1v) is 5.74. The number of nitrogens with zero attached hydrogens (tertiary/aromatic N) is 1. The summed E-state index contributed by atoms with van der Waals surface area (Å²) in [6, 6.07) is 4.36. The molecule has 0 saturated carbocycles. The SMILES string of the molecule is CCC(N)CC(=O)Nc1cc(C)ccc1[N+](=O)[O-]. The highest BCUT2D eigenvalue weighted by Gasteiger charge is 2.16. The Morgan fingerprint density at radius 1 is 1.56 bits per heavy atom. The molecule has 0 aliphatic carbocycles. The molecular formula is C12H17N3O3. The molecule has 6 nitrogen and oxygen atoms in total. The summed E-state index contributed by atoms with van der Waals surface area (Å²) in [5.74, 6) is -0.307. The zero-order chi connectivity index (χ0) is 13.7. The number of hydrogen-bond acceptors (Lipinski definition) is 4. The van der Waals surface area contributed by atoms with Crippen LogP contribution in [0, 0.1) is 17.0 Å². The molecule has 3 N–H and O–H groups in total. The molecule has 0 aliphatic rings. The zero-order valence-corrected chi connectivity index (χ0v) is 10.5. The number of amides is 1. The van der Waals surface area contributed by atoms with E-state index in [-0.39, 0.29) is 29.7 Å². The van der Waals surface area contributed by atoms with Gasteiger partial charge in [0.05, 0.1) is 4.92 Å². The maximum Gasteiger partial charge on any atom is 0.292 e. The Morgan fingerprint density at radius 3 is 2.78 bits per heavy atom. The molecule has 6 heteroatoms. The molecule has 18 heavy (non-hydrogen) atoms. The third-order valence-corrected chi connectivity index (χ3v) is 2.59. The first-order chi connectivity index (χ1) is 8.43. The molecule has 1 aromatic carbocycles. The quantitative estimate of drug-likeness (QED) is 0.617. The minimum absolute atomic E-state index is 0.112. The number of hydrogen-bond donors (Lipinski definition) is 2. The van der Waals surface area contributed by atoms with Crippen molar-refractivity contribution in [3.8, 4) is 0 Å². The molecule has 1 rings (SSSR count). The number of nitro benzene ring substituents is 1. The van der Waals surface area contributed by atoms with Crippen LogP contribution in [-0.2, 0) is 4.79 Å². The van der Waals surface area contributed by atoms with Crippen molar-refractivity contribution in [3.63, 3.8) is 0 Å². The van der Waals surface area contributed by atoms with E-state index in [1.165, 1.54) is 6.07 Å². The lowest BCUT2D eigenvalue weighted by Gasteiger charge is -2.10. The molecule has 0 aromatic heterocycles. The average molecular weight is 251 g/mol. The van der Waals surface area contributed by atoms with Crippen LogP contribution in [0.25, 0.3) is 0 Å². The molecule has 0 spiro atoms. The van der Waals surface area contributed by atoms with Crippen LogP contribution in [0.3, 0.4) is 0 Å². The highest BCUT2D eigenvalue weighted by Crippen LogP contribution is 2.25. The minimum Gasteiger partial charge on any atom is -0.327 e. The Bertz CT molecular complexity index is 460. The third-order valence-electron chi connectivity index (χ3n) is 2.59. The predicted octanol–water partition coefficient (Wildman–Crippen LogP) is 1.97. The fourth-order valence-corrected chi connectivity index (χ4v) is 1.49. The van der Waals surface area contributed by atoms with Crippen LogP contribution in [0.2, 0.25) is 0 Å². The number of benzene rings is 1. The Balaban J connectivity index is 2.86. The minimum atomic E-state index is -0.519. The second-order valence-corrected chi connectivity index (χ2v) is 4.20. The molecule has 0 saturated heterocycles. The van der Waals surface area contributed by atoms with Crippen LogP contribution < -0.4 is 11.1 Å². The number of nitro groups is 1. The van der Waals surface area contributed by atoms with Crippen molar-refractivity contribution >= 4 is 17.3 Å². The van der Waals surface area contributed by atoms with E-state index in [1.54, 1.807) is 19.1 Å². The van der Waals surface area contributed by atoms with E-state index >= 15 is 0 Å². The highest BCUT2D eigenvalue weighted by molar-refractivity contribution is 5.93. The topological polar surface area (TPSA) is 98.3 Å². The Morgan fingerprint density at radius 2 is 2.22 bits per heavy atom. The van der Waals surface area contributed by atoms with Crippen LogP contribution in [-0.4, -0.2) is 16.9 Å². The van der Waals surface area contributed by atoms with Gasteiger partial charge >= 0.3 is 0 Å². The largest absolute Gasteiger partial charge is 0.327 e. The molecule has 0 fully saturated rings. The van der Waals surface area contributed by atoms with E-state index in [0.717, 1.165) is 5.56 Å². The van der Waals surface area contributed by atoms with Crippen LogP contribution in [0.1, 0.15) is 25.3 Å². The molecule has 98 valence electrons. The Kier molecular flexibility index (Phi) is 4.79. The van der Waals surface area contributed by atoms with Gasteiger partial charge in [0.1, 0.15) is 5.69 Å². The van der Waals surface area contributed by atoms with Crippen molar-refractivity contribution < 1.29 is 9.72 Å². The van der Waals surface area contributed by atoms with Crippen LogP contribution in [0.4, 0.5) is 11.4 Å². The van der Waals surface area contributed by atoms with Gasteiger partial charge in [0.2, 0.25) is 5.91 Å². The van der Waals surface area contributed by atoms with Gasteiger partial charge in [-0.05, 0) is 25.0 Å². The van der Waals surface area contributed by atoms with Crippen molar-refractivity contribution in [1.82, 2.24) is 0 Å². The maximum absolute atomic E-state index is 11.7. The molecule has 0 aliphatic heterocycles. The van der Waals surface area contributed by atoms with E-state index in [2.05, 4.69) is 5.32 Å². The van der Waals surface area contributed by atoms with E-state index in [4.69, 9.17) is 5.73 Å². The summed E-state index contributed by atoms with van der Waals surface area (Å²) >= 11 is 0. The van der Waals surface area contributed by atoms with Gasteiger partial charge in [0.25, 0.3) is 5.69 Å². The van der Waals surface area contributed by atoms with E-state index in [0.29, 0.717) is 6.42 Å². The lowest BCUT2D eigenvalue weighted by atomic mass is 10.1. The number of carbonyl (C=O) groups excluding carboxylic acids is 1. The lowest BCUT2D eigenvalue weighted by Crippen LogP contribution is -2.26. The first-order valence-electron chi connectivity index (χ1n) is 5.74. The molecule has 1 unspecified atom stereocenters. The van der Waals surface area contributed by atoms with Gasteiger partial charge in [0, 0.05) is 18.5 Å². The number of aryl methyl sites for hydroxylation is 1. The molecule has 1 aromatic rings. The van der Waals surface area contributed by atoms with E-state index in [1.807, 2.05) is 6.92 Å². The fraction of sp³-hybridized carbons (Fsp3) is 0.417. The van der Waals surface area contributed by atoms with Crippen molar-refractivity contribution in [3.05, 3.63) is 33.9 Å². The molecule has 0 radical (unpaired) electrons. The maximum atomic E-state index is 11.7. The van der Waals surface area contributed by atoms with Gasteiger partial charge in [-0.15, -0.1) is 0 Å². The summed E-state index contributed by atoms with van der Waals surface area (Å²) in [4.78, 5) is 22.0. The van der Waals surface area contributed by atoms with Crippen molar-refractivity contribution in [2.24, 2.45) is 5.73 Å². The zero-order valence-electron chi connectivity index (χ0n) is 10.5. The van der Waals surface area contributed by atoms with Crippen LogP contribution >= 0.6 is 0 Å². The second-order valence-electron chi connectivity index (χ2n) is 4.20. The first kappa shape index (κ1) is 14.1. The molecule has 0 bridgehead atoms. The highest BCUT2D eigenvalue weighted by atomic mass is 16.6. The van der Waals surface area contributed by atoms with E-state index in [9.17, 15) is 14.9 Å². The Hall–Kier alpha value is -1.95. The summed E-state index contributed by atoms with van der Waals surface area (Å²) < 4.78 is 0. The summed E-state index contributed by atoms with van der Waals surface area (Å²) in [6.45, 7) is 3.68. The van der Waals surface area contributed by atoms with Gasteiger partial charge in [-0.2, -0.15) is 0 Å². The van der Waals surface area contributed by atoms with Gasteiger partial charge < -0.3 is 11.1 Å². The van der Waals surface area contributed by atoms with Gasteiger partial charge in [-0.25, -0.2) is 0 Å². The van der Waals surface area contributed by atoms with Crippen molar-refractivity contribution in [2.45, 2.75) is 32.7 Å². The summed E-state index contributed by atoms with van der Waals surface area (Å²) in [7, 11) is 0. The summed E-state index contributed by atoms with van der Waals surface area (Å²) in [6.07, 6.45) is 0.838. The average Bonchev–Trinajstić information content (AvgIpc) is 2.28. The monoisotopic (exact) mass is 251 g/mol. The Labute approximate surface area is 105 Å². The number of nitrogens with one attached hydrogen (secondary N) is 1. The number of anilines is 1. The van der Waals surface area contributed by atoms with E-state index < -0.39 is 4.92 Å². The van der Waals surface area contributed by atoms with Gasteiger partial charge in [0.15, 0.2) is 0 Å².